The summed E-state index contributed by atoms with van der Waals surface area (Å²) in [5, 5.41) is 7.16. The molecule has 1 aromatic heterocycles. The quantitative estimate of drug-likeness (QED) is 0.484. The van der Waals surface area contributed by atoms with E-state index in [4.69, 9.17) is 9.52 Å². The van der Waals surface area contributed by atoms with Crippen LogP contribution in [0, 0.1) is 0 Å². The fourth-order valence-electron chi connectivity index (χ4n) is 0.647. The Bertz CT molecular complexity index is 407. The van der Waals surface area contributed by atoms with Gasteiger partial charge in [-0.15, -0.1) is 0 Å². The molecular formula is C11H12O5S. The molecule has 0 aliphatic heterocycles. The molecule has 0 fully saturated rings. The molecule has 92 valence electrons. The average molecular weight is 256 g/mol. The lowest BCUT2D eigenvalue weighted by molar-refractivity contribution is -0.132. The predicted octanol–water partition coefficient (Wildman–Crippen LogP) is 1.49. The highest BCUT2D eigenvalue weighted by Gasteiger charge is 2.10. The van der Waals surface area contributed by atoms with E-state index in [1.807, 2.05) is 0 Å². The number of hydrogen-bond donors (Lipinski definition) is 2. The third-order valence-electron chi connectivity index (χ3n) is 1.52. The first kappa shape index (κ1) is 15.2. The monoisotopic (exact) mass is 256 g/mol. The lowest BCUT2D eigenvalue weighted by atomic mass is 10.2. The zero-order valence-electron chi connectivity index (χ0n) is 9.17. The molecule has 0 bridgehead atoms. The van der Waals surface area contributed by atoms with Crippen LogP contribution in [-0.4, -0.2) is 22.0 Å². The number of hydrogen-bond acceptors (Lipinski definition) is 4. The molecule has 0 spiro atoms. The molecule has 0 atom stereocenters. The number of carbonyl (C=O) groups excluding carboxylic acids is 2. The first-order chi connectivity index (χ1) is 7.84. The first-order valence-electron chi connectivity index (χ1n) is 4.52. The van der Waals surface area contributed by atoms with E-state index in [1.54, 1.807) is 12.1 Å². The molecule has 0 radical (unpaired) electrons. The highest BCUT2D eigenvalue weighted by atomic mass is 32.1. The van der Waals surface area contributed by atoms with Crippen LogP contribution >= 0.6 is 12.6 Å². The second kappa shape index (κ2) is 7.45. The van der Waals surface area contributed by atoms with Crippen LogP contribution in [0.25, 0.3) is 0 Å². The van der Waals surface area contributed by atoms with Gasteiger partial charge in [-0.05, 0) is 19.1 Å². The van der Waals surface area contributed by atoms with Crippen molar-refractivity contribution in [2.24, 2.45) is 0 Å². The highest BCUT2D eigenvalue weighted by Crippen LogP contribution is 2.02. The zero-order chi connectivity index (χ0) is 13.4. The Hall–Kier alpha value is -1.82. The Morgan fingerprint density at radius 2 is 2.00 bits per heavy atom. The fraction of sp³-hybridized carbons (Fsp3) is 0.182. The van der Waals surface area contributed by atoms with E-state index in [2.05, 4.69) is 19.2 Å². The molecule has 0 amide bonds. The number of ketones is 1. The van der Waals surface area contributed by atoms with Gasteiger partial charge in [0.05, 0.1) is 12.7 Å². The van der Waals surface area contributed by atoms with E-state index < -0.39 is 16.9 Å². The van der Waals surface area contributed by atoms with Crippen molar-refractivity contribution in [3.05, 3.63) is 36.3 Å². The Morgan fingerprint density at radius 1 is 1.47 bits per heavy atom. The van der Waals surface area contributed by atoms with Crippen LogP contribution < -0.4 is 0 Å². The molecule has 0 unspecified atom stereocenters. The maximum Gasteiger partial charge on any atom is 0.330 e. The number of carboxylic acid groups (broad SMARTS) is 1. The van der Waals surface area contributed by atoms with Gasteiger partial charge in [-0.25, -0.2) is 4.79 Å². The van der Waals surface area contributed by atoms with Crippen LogP contribution in [0.15, 0.2) is 35.0 Å². The summed E-state index contributed by atoms with van der Waals surface area (Å²) in [4.78, 5) is 30.7. The van der Waals surface area contributed by atoms with Gasteiger partial charge in [-0.3, -0.25) is 9.59 Å². The van der Waals surface area contributed by atoms with Crippen LogP contribution in [0.5, 0.6) is 0 Å². The Balaban J connectivity index is 0.000000366. The first-order valence-corrected chi connectivity index (χ1v) is 4.96. The number of furan rings is 1. The van der Waals surface area contributed by atoms with E-state index in [-0.39, 0.29) is 12.0 Å². The van der Waals surface area contributed by atoms with Crippen LogP contribution in [0.4, 0.5) is 0 Å². The van der Waals surface area contributed by atoms with Crippen molar-refractivity contribution in [3.63, 3.8) is 0 Å². The predicted molar refractivity (Wildman–Crippen MR) is 63.9 cm³/mol. The summed E-state index contributed by atoms with van der Waals surface area (Å²) >= 11 is 3.37. The smallest absolute Gasteiger partial charge is 0.330 e. The Kier molecular flexibility index (Phi) is 6.65. The van der Waals surface area contributed by atoms with Crippen molar-refractivity contribution in [1.29, 1.82) is 0 Å². The van der Waals surface area contributed by atoms with E-state index in [9.17, 15) is 14.4 Å². The molecule has 5 nitrogen and oxygen atoms in total. The van der Waals surface area contributed by atoms with Crippen LogP contribution in [0.1, 0.15) is 12.7 Å². The molecule has 6 heteroatoms. The van der Waals surface area contributed by atoms with E-state index in [0.717, 1.165) is 0 Å². The maximum atomic E-state index is 10.7. The van der Waals surface area contributed by atoms with E-state index in [1.165, 1.54) is 13.2 Å². The summed E-state index contributed by atoms with van der Waals surface area (Å²) in [6.07, 6.45) is 1.45. The van der Waals surface area contributed by atoms with Gasteiger partial charge in [0.1, 0.15) is 5.76 Å². The molecule has 1 rings (SSSR count). The molecule has 0 saturated heterocycles. The van der Waals surface area contributed by atoms with Crippen LogP contribution in [0.3, 0.4) is 0 Å². The van der Waals surface area contributed by atoms with Crippen LogP contribution in [-0.2, 0) is 20.8 Å². The fourth-order valence-corrected chi connectivity index (χ4v) is 0.726. The van der Waals surface area contributed by atoms with Gasteiger partial charge >= 0.3 is 5.97 Å². The largest absolute Gasteiger partial charge is 0.478 e. The molecule has 0 aromatic carbocycles. The normalized spacial score (nSPS) is 8.82. The SMILES string of the molecule is C=C(C)C(=O)O.O=C(S)C(=O)Cc1ccco1. The summed E-state index contributed by atoms with van der Waals surface area (Å²) in [7, 11) is 0. The maximum absolute atomic E-state index is 10.7. The molecule has 1 heterocycles. The molecule has 1 aromatic rings. The molecule has 17 heavy (non-hydrogen) atoms. The summed E-state index contributed by atoms with van der Waals surface area (Å²) < 4.78 is 4.85. The standard InChI is InChI=1S/C7H6O3S.C4H6O2/c8-6(7(9)11)4-5-2-1-3-10-5;1-3(2)4(5)6/h1-3H,4H2,(H,9,11);1H2,2H3,(H,5,6). The van der Waals surface area contributed by atoms with Crippen molar-refractivity contribution in [3.8, 4) is 0 Å². The minimum absolute atomic E-state index is 0.00463. The highest BCUT2D eigenvalue weighted by molar-refractivity contribution is 7.98. The molecule has 0 saturated carbocycles. The average Bonchev–Trinajstić information content (AvgIpc) is 2.71. The molecule has 1 N–H and O–H groups in total. The number of thiol groups is 1. The number of carbonyl (C=O) groups is 3. The summed E-state index contributed by atoms with van der Waals surface area (Å²) in [6.45, 7) is 4.60. The van der Waals surface area contributed by atoms with Gasteiger partial charge in [0.25, 0.3) is 5.12 Å². The summed E-state index contributed by atoms with van der Waals surface area (Å²) in [5.74, 6) is -1.00. The van der Waals surface area contributed by atoms with Gasteiger partial charge in [0.15, 0.2) is 0 Å². The van der Waals surface area contributed by atoms with Gasteiger partial charge in [0.2, 0.25) is 5.78 Å². The minimum Gasteiger partial charge on any atom is -0.478 e. The van der Waals surface area contributed by atoms with Gasteiger partial charge < -0.3 is 9.52 Å². The van der Waals surface area contributed by atoms with Crippen molar-refractivity contribution < 1.29 is 23.9 Å². The third-order valence-corrected chi connectivity index (χ3v) is 1.77. The van der Waals surface area contributed by atoms with Crippen molar-refractivity contribution >= 4 is 29.5 Å². The number of aliphatic carboxylic acids is 1. The second-order valence-corrected chi connectivity index (χ2v) is 3.48. The van der Waals surface area contributed by atoms with E-state index >= 15 is 0 Å². The van der Waals surface area contributed by atoms with Gasteiger partial charge in [0, 0.05) is 5.57 Å². The number of carboxylic acids is 1. The summed E-state index contributed by atoms with van der Waals surface area (Å²) in [6, 6.07) is 3.29. The zero-order valence-corrected chi connectivity index (χ0v) is 10.1. The minimum atomic E-state index is -0.935. The molecule has 0 aliphatic carbocycles. The third kappa shape index (κ3) is 7.13. The van der Waals surface area contributed by atoms with Crippen molar-refractivity contribution in [2.75, 3.05) is 0 Å². The molecular weight excluding hydrogens is 244 g/mol. The lowest BCUT2D eigenvalue weighted by Gasteiger charge is -1.89. The van der Waals surface area contributed by atoms with Crippen molar-refractivity contribution in [2.45, 2.75) is 13.3 Å². The second-order valence-electron chi connectivity index (χ2n) is 3.07. The van der Waals surface area contributed by atoms with Crippen LogP contribution in [0.2, 0.25) is 0 Å². The lowest BCUT2D eigenvalue weighted by Crippen LogP contribution is -2.09. The Labute approximate surface area is 104 Å². The topological polar surface area (TPSA) is 84.6 Å². The van der Waals surface area contributed by atoms with Gasteiger partial charge in [-0.2, -0.15) is 0 Å². The number of Topliss-reactive ketones (excluding diaryl/α,β-unsaturated/α-hetero) is 1. The van der Waals surface area contributed by atoms with Crippen molar-refractivity contribution in [1.82, 2.24) is 0 Å². The number of rotatable bonds is 4. The Morgan fingerprint density at radius 3 is 2.29 bits per heavy atom. The van der Waals surface area contributed by atoms with Gasteiger partial charge in [-0.1, -0.05) is 19.2 Å². The summed E-state index contributed by atoms with van der Waals surface area (Å²) in [5.41, 5.74) is 0.176. The van der Waals surface area contributed by atoms with E-state index in [0.29, 0.717) is 5.76 Å². The molecule has 0 aliphatic rings.